The van der Waals surface area contributed by atoms with Gasteiger partial charge in [0, 0.05) is 6.54 Å². The fourth-order valence-corrected chi connectivity index (χ4v) is 3.59. The smallest absolute Gasteiger partial charge is 0.235 e. The molecule has 1 unspecified atom stereocenters. The third-order valence-corrected chi connectivity index (χ3v) is 4.82. The lowest BCUT2D eigenvalue weighted by atomic mass is 9.77. The van der Waals surface area contributed by atoms with E-state index in [1.807, 2.05) is 6.92 Å². The molecule has 1 aliphatic heterocycles. The first-order valence-electron chi connectivity index (χ1n) is 7.40. The number of rotatable bonds is 5. The van der Waals surface area contributed by atoms with Crippen LogP contribution in [0.25, 0.3) is 0 Å². The third-order valence-electron chi connectivity index (χ3n) is 4.82. The monoisotopic (exact) mass is 253 g/mol. The molecule has 104 valence electrons. The lowest BCUT2D eigenvalue weighted by molar-refractivity contribution is -0.120. The molecule has 2 rings (SSSR count). The quantitative estimate of drug-likeness (QED) is 0.771. The van der Waals surface area contributed by atoms with Crippen LogP contribution in [0.4, 0.5) is 0 Å². The van der Waals surface area contributed by atoms with Crippen molar-refractivity contribution in [3.8, 4) is 0 Å². The van der Waals surface area contributed by atoms with E-state index in [0.29, 0.717) is 5.41 Å². The second-order valence-corrected chi connectivity index (χ2v) is 6.02. The number of likely N-dealkylation sites (tertiary alicyclic amines) is 1. The molecule has 1 spiro atoms. The molecular weight excluding hydrogens is 226 g/mol. The highest BCUT2D eigenvalue weighted by Crippen LogP contribution is 2.45. The maximum absolute atomic E-state index is 11.3. The first kappa shape index (κ1) is 13.8. The maximum atomic E-state index is 11.3. The van der Waals surface area contributed by atoms with E-state index >= 15 is 0 Å². The summed E-state index contributed by atoms with van der Waals surface area (Å²) < 4.78 is 0. The number of carbonyl (C=O) groups is 1. The van der Waals surface area contributed by atoms with Crippen molar-refractivity contribution in [1.29, 1.82) is 0 Å². The molecule has 0 radical (unpaired) electrons. The van der Waals surface area contributed by atoms with Gasteiger partial charge in [0.25, 0.3) is 0 Å². The Kier molecular flexibility index (Phi) is 4.62. The minimum absolute atomic E-state index is 0.187. The SMILES string of the molecule is CCNC(CN1CCC2(CCCC2)CC1)C(N)=O. The first-order valence-corrected chi connectivity index (χ1v) is 7.40. The molecule has 4 nitrogen and oxygen atoms in total. The Morgan fingerprint density at radius 2 is 1.89 bits per heavy atom. The third kappa shape index (κ3) is 3.23. The molecule has 1 saturated carbocycles. The molecule has 1 aliphatic carbocycles. The van der Waals surface area contributed by atoms with E-state index in [0.717, 1.165) is 26.2 Å². The van der Waals surface area contributed by atoms with Crippen molar-refractivity contribution in [2.45, 2.75) is 51.5 Å². The van der Waals surface area contributed by atoms with Gasteiger partial charge in [-0.05, 0) is 50.7 Å². The standard InChI is InChI=1S/C14H27N3O/c1-2-16-12(13(15)18)11-17-9-7-14(8-10-17)5-3-4-6-14/h12,16H,2-11H2,1H3,(H2,15,18). The minimum Gasteiger partial charge on any atom is -0.368 e. The van der Waals surface area contributed by atoms with Gasteiger partial charge in [-0.1, -0.05) is 19.8 Å². The van der Waals surface area contributed by atoms with Crippen molar-refractivity contribution in [3.05, 3.63) is 0 Å². The predicted molar refractivity (Wildman–Crippen MR) is 73.2 cm³/mol. The number of nitrogens with two attached hydrogens (primary N) is 1. The zero-order chi connectivity index (χ0) is 13.0. The van der Waals surface area contributed by atoms with Crippen molar-refractivity contribution >= 4 is 5.91 Å². The van der Waals surface area contributed by atoms with Crippen LogP contribution in [0.5, 0.6) is 0 Å². The predicted octanol–water partition coefficient (Wildman–Crippen LogP) is 1.11. The number of likely N-dealkylation sites (N-methyl/N-ethyl adjacent to an activating group) is 1. The van der Waals surface area contributed by atoms with Crippen LogP contribution < -0.4 is 11.1 Å². The molecule has 0 aromatic heterocycles. The largest absolute Gasteiger partial charge is 0.368 e. The molecule has 18 heavy (non-hydrogen) atoms. The summed E-state index contributed by atoms with van der Waals surface area (Å²) >= 11 is 0. The van der Waals surface area contributed by atoms with Crippen molar-refractivity contribution in [1.82, 2.24) is 10.2 Å². The Labute approximate surface area is 110 Å². The second kappa shape index (κ2) is 6.02. The number of hydrogen-bond donors (Lipinski definition) is 2. The van der Waals surface area contributed by atoms with Crippen LogP contribution in [0.15, 0.2) is 0 Å². The maximum Gasteiger partial charge on any atom is 0.235 e. The summed E-state index contributed by atoms with van der Waals surface area (Å²) in [5.74, 6) is -0.224. The number of primary amides is 1. The summed E-state index contributed by atoms with van der Waals surface area (Å²) in [5.41, 5.74) is 6.08. The van der Waals surface area contributed by atoms with Gasteiger partial charge < -0.3 is 16.0 Å². The molecule has 1 saturated heterocycles. The normalized spacial score (nSPS) is 25.4. The van der Waals surface area contributed by atoms with E-state index < -0.39 is 0 Å². The second-order valence-electron chi connectivity index (χ2n) is 6.02. The van der Waals surface area contributed by atoms with Gasteiger partial charge in [-0.15, -0.1) is 0 Å². The summed E-state index contributed by atoms with van der Waals surface area (Å²) in [6.45, 7) is 5.86. The lowest BCUT2D eigenvalue weighted by Gasteiger charge is -2.40. The molecule has 0 aromatic carbocycles. The molecule has 1 atom stereocenters. The number of amides is 1. The van der Waals surface area contributed by atoms with Gasteiger partial charge in [0.1, 0.15) is 0 Å². The van der Waals surface area contributed by atoms with Crippen molar-refractivity contribution in [2.75, 3.05) is 26.2 Å². The number of nitrogens with zero attached hydrogens (tertiary/aromatic N) is 1. The molecule has 4 heteroatoms. The molecule has 3 N–H and O–H groups in total. The Bertz CT molecular complexity index is 277. The molecule has 2 aliphatic rings. The van der Waals surface area contributed by atoms with E-state index in [4.69, 9.17) is 5.73 Å². The number of piperidine rings is 1. The summed E-state index contributed by atoms with van der Waals surface area (Å²) in [4.78, 5) is 13.8. The Balaban J connectivity index is 1.80. The number of nitrogens with one attached hydrogen (secondary N) is 1. The zero-order valence-corrected chi connectivity index (χ0v) is 11.6. The summed E-state index contributed by atoms with van der Waals surface area (Å²) in [5, 5.41) is 3.17. The van der Waals surface area contributed by atoms with E-state index in [1.54, 1.807) is 0 Å². The van der Waals surface area contributed by atoms with E-state index in [9.17, 15) is 4.79 Å². The van der Waals surface area contributed by atoms with Gasteiger partial charge in [0.2, 0.25) is 5.91 Å². The van der Waals surface area contributed by atoms with E-state index in [1.165, 1.54) is 38.5 Å². The van der Waals surface area contributed by atoms with Gasteiger partial charge in [0.05, 0.1) is 6.04 Å². The van der Waals surface area contributed by atoms with Gasteiger partial charge in [-0.25, -0.2) is 0 Å². The van der Waals surface area contributed by atoms with Crippen LogP contribution in [-0.4, -0.2) is 43.0 Å². The molecule has 0 aromatic rings. The van der Waals surface area contributed by atoms with Crippen LogP contribution in [0.2, 0.25) is 0 Å². The lowest BCUT2D eigenvalue weighted by Crippen LogP contribution is -2.51. The number of hydrogen-bond acceptors (Lipinski definition) is 3. The van der Waals surface area contributed by atoms with Gasteiger partial charge in [0.15, 0.2) is 0 Å². The topological polar surface area (TPSA) is 58.4 Å². The molecule has 1 amide bonds. The summed E-state index contributed by atoms with van der Waals surface area (Å²) in [6.07, 6.45) is 8.30. The molecule has 0 bridgehead atoms. The van der Waals surface area contributed by atoms with Crippen LogP contribution >= 0.6 is 0 Å². The van der Waals surface area contributed by atoms with Crippen molar-refractivity contribution < 1.29 is 4.79 Å². The van der Waals surface area contributed by atoms with Crippen LogP contribution in [0.3, 0.4) is 0 Å². The molecule has 1 heterocycles. The highest BCUT2D eigenvalue weighted by atomic mass is 16.1. The Hall–Kier alpha value is -0.610. The fraction of sp³-hybridized carbons (Fsp3) is 0.929. The zero-order valence-electron chi connectivity index (χ0n) is 11.6. The Morgan fingerprint density at radius 3 is 2.39 bits per heavy atom. The number of carbonyl (C=O) groups excluding carboxylic acids is 1. The van der Waals surface area contributed by atoms with E-state index in [-0.39, 0.29) is 11.9 Å². The average Bonchev–Trinajstić information content (AvgIpc) is 2.80. The van der Waals surface area contributed by atoms with E-state index in [2.05, 4.69) is 10.2 Å². The first-order chi connectivity index (χ1) is 8.65. The van der Waals surface area contributed by atoms with Gasteiger partial charge in [-0.3, -0.25) is 4.79 Å². The fourth-order valence-electron chi connectivity index (χ4n) is 3.59. The van der Waals surface area contributed by atoms with Crippen LogP contribution in [-0.2, 0) is 4.79 Å². The van der Waals surface area contributed by atoms with Crippen LogP contribution in [0, 0.1) is 5.41 Å². The average molecular weight is 253 g/mol. The highest BCUT2D eigenvalue weighted by molar-refractivity contribution is 5.80. The molecule has 2 fully saturated rings. The molecular formula is C14H27N3O. The Morgan fingerprint density at radius 1 is 1.28 bits per heavy atom. The summed E-state index contributed by atoms with van der Waals surface area (Å²) in [6, 6.07) is -0.187. The van der Waals surface area contributed by atoms with Gasteiger partial charge >= 0.3 is 0 Å². The minimum atomic E-state index is -0.224. The van der Waals surface area contributed by atoms with Gasteiger partial charge in [-0.2, -0.15) is 0 Å². The van der Waals surface area contributed by atoms with Crippen molar-refractivity contribution in [3.63, 3.8) is 0 Å². The van der Waals surface area contributed by atoms with Crippen LogP contribution in [0.1, 0.15) is 45.4 Å². The summed E-state index contributed by atoms with van der Waals surface area (Å²) in [7, 11) is 0. The van der Waals surface area contributed by atoms with Crippen molar-refractivity contribution in [2.24, 2.45) is 11.1 Å². The highest BCUT2D eigenvalue weighted by Gasteiger charge is 2.37.